The molecule has 0 unspecified atom stereocenters. The fourth-order valence-corrected chi connectivity index (χ4v) is 1.71. The highest BCUT2D eigenvalue weighted by Gasteiger charge is 2.07. The van der Waals surface area contributed by atoms with E-state index in [4.69, 9.17) is 0 Å². The number of aryl methyl sites for hydroxylation is 1. The topological polar surface area (TPSA) is 59.8 Å². The van der Waals surface area contributed by atoms with Crippen LogP contribution in [0.25, 0.3) is 11.1 Å². The second-order valence-electron chi connectivity index (χ2n) is 4.86. The summed E-state index contributed by atoms with van der Waals surface area (Å²) in [6.07, 6.45) is 7.30. The number of amides is 1. The zero-order valence-corrected chi connectivity index (χ0v) is 11.4. The largest absolute Gasteiger partial charge is 0.352 e. The fourth-order valence-electron chi connectivity index (χ4n) is 1.71. The van der Waals surface area contributed by atoms with Crippen molar-refractivity contribution in [1.82, 2.24) is 20.1 Å². The van der Waals surface area contributed by atoms with E-state index < -0.39 is 0 Å². The molecule has 0 fully saturated rings. The van der Waals surface area contributed by atoms with E-state index >= 15 is 0 Å². The average molecular weight is 258 g/mol. The molecule has 5 nitrogen and oxygen atoms in total. The van der Waals surface area contributed by atoms with Gasteiger partial charge in [-0.1, -0.05) is 13.8 Å². The van der Waals surface area contributed by atoms with Gasteiger partial charge in [0, 0.05) is 49.2 Å². The Morgan fingerprint density at radius 2 is 2.11 bits per heavy atom. The average Bonchev–Trinajstić information content (AvgIpc) is 2.83. The van der Waals surface area contributed by atoms with Gasteiger partial charge in [-0.05, 0) is 11.6 Å². The van der Waals surface area contributed by atoms with Crippen molar-refractivity contribution in [3.8, 4) is 11.1 Å². The Morgan fingerprint density at radius 3 is 2.74 bits per heavy atom. The molecule has 2 heterocycles. The summed E-state index contributed by atoms with van der Waals surface area (Å²) in [6, 6.07) is 2.02. The van der Waals surface area contributed by atoms with Crippen LogP contribution in [0.1, 0.15) is 19.4 Å². The lowest BCUT2D eigenvalue weighted by Gasteiger charge is -2.08. The van der Waals surface area contributed by atoms with Gasteiger partial charge in [-0.15, -0.1) is 0 Å². The normalized spacial score (nSPS) is 10.7. The van der Waals surface area contributed by atoms with E-state index in [2.05, 4.69) is 15.4 Å². The van der Waals surface area contributed by atoms with E-state index in [-0.39, 0.29) is 11.8 Å². The lowest BCUT2D eigenvalue weighted by Crippen LogP contribution is -2.27. The molecule has 100 valence electrons. The van der Waals surface area contributed by atoms with Crippen molar-refractivity contribution in [2.75, 3.05) is 0 Å². The number of aromatic nitrogens is 3. The monoisotopic (exact) mass is 258 g/mol. The Morgan fingerprint density at radius 1 is 1.32 bits per heavy atom. The Hall–Kier alpha value is -2.17. The van der Waals surface area contributed by atoms with E-state index in [0.717, 1.165) is 16.7 Å². The Kier molecular flexibility index (Phi) is 3.94. The first-order valence-electron chi connectivity index (χ1n) is 6.27. The standard InChI is InChI=1S/C14H18N4O/c1-10(2)14(19)16-6-11-4-12(7-15-5-11)13-8-17-18(3)9-13/h4-5,7-10H,6H2,1-3H3,(H,16,19). The number of carbonyl (C=O) groups excluding carboxylic acids is 1. The smallest absolute Gasteiger partial charge is 0.222 e. The molecule has 0 radical (unpaired) electrons. The summed E-state index contributed by atoms with van der Waals surface area (Å²) in [5.74, 6) is 0.0428. The van der Waals surface area contributed by atoms with Gasteiger partial charge < -0.3 is 5.32 Å². The number of hydrogen-bond acceptors (Lipinski definition) is 3. The van der Waals surface area contributed by atoms with E-state index in [1.54, 1.807) is 23.3 Å². The Bertz CT molecular complexity index is 574. The molecular formula is C14H18N4O. The van der Waals surface area contributed by atoms with Crippen LogP contribution in [0, 0.1) is 5.92 Å². The van der Waals surface area contributed by atoms with Gasteiger partial charge in [0.25, 0.3) is 0 Å². The zero-order chi connectivity index (χ0) is 13.8. The molecule has 0 saturated carbocycles. The summed E-state index contributed by atoms with van der Waals surface area (Å²) >= 11 is 0. The zero-order valence-electron chi connectivity index (χ0n) is 11.4. The highest BCUT2D eigenvalue weighted by Crippen LogP contribution is 2.18. The highest BCUT2D eigenvalue weighted by molar-refractivity contribution is 5.77. The van der Waals surface area contributed by atoms with Crippen LogP contribution in [-0.4, -0.2) is 20.7 Å². The molecule has 1 N–H and O–H groups in total. The minimum Gasteiger partial charge on any atom is -0.352 e. The molecular weight excluding hydrogens is 240 g/mol. The minimum absolute atomic E-state index is 0.00512. The summed E-state index contributed by atoms with van der Waals surface area (Å²) in [6.45, 7) is 4.25. The molecule has 0 spiro atoms. The van der Waals surface area contributed by atoms with Crippen LogP contribution in [0.2, 0.25) is 0 Å². The molecule has 0 aliphatic heterocycles. The van der Waals surface area contributed by atoms with Gasteiger partial charge in [0.05, 0.1) is 6.20 Å². The summed E-state index contributed by atoms with van der Waals surface area (Å²) in [7, 11) is 1.88. The third-order valence-corrected chi connectivity index (χ3v) is 2.82. The van der Waals surface area contributed by atoms with Crippen LogP contribution < -0.4 is 5.32 Å². The van der Waals surface area contributed by atoms with Crippen molar-refractivity contribution in [3.05, 3.63) is 36.4 Å². The van der Waals surface area contributed by atoms with Gasteiger partial charge in [0.2, 0.25) is 5.91 Å². The van der Waals surface area contributed by atoms with Crippen molar-refractivity contribution >= 4 is 5.91 Å². The molecule has 5 heteroatoms. The summed E-state index contributed by atoms with van der Waals surface area (Å²) < 4.78 is 1.75. The Labute approximate surface area is 112 Å². The fraction of sp³-hybridized carbons (Fsp3) is 0.357. The lowest BCUT2D eigenvalue weighted by molar-refractivity contribution is -0.124. The first kappa shape index (κ1) is 13.3. The van der Waals surface area contributed by atoms with Crippen LogP contribution in [0.5, 0.6) is 0 Å². The SMILES string of the molecule is CC(C)C(=O)NCc1cncc(-c2cnn(C)c2)c1. The van der Waals surface area contributed by atoms with Crippen molar-refractivity contribution in [2.45, 2.75) is 20.4 Å². The number of nitrogens with one attached hydrogen (secondary N) is 1. The van der Waals surface area contributed by atoms with Crippen LogP contribution >= 0.6 is 0 Å². The quantitative estimate of drug-likeness (QED) is 0.909. The van der Waals surface area contributed by atoms with Crippen molar-refractivity contribution in [2.24, 2.45) is 13.0 Å². The van der Waals surface area contributed by atoms with Crippen LogP contribution in [-0.2, 0) is 18.4 Å². The van der Waals surface area contributed by atoms with Crippen LogP contribution in [0.4, 0.5) is 0 Å². The maximum atomic E-state index is 11.5. The van der Waals surface area contributed by atoms with Crippen LogP contribution in [0.3, 0.4) is 0 Å². The van der Waals surface area contributed by atoms with Crippen molar-refractivity contribution in [3.63, 3.8) is 0 Å². The molecule has 2 aromatic rings. The molecule has 0 aliphatic rings. The van der Waals surface area contributed by atoms with E-state index in [1.165, 1.54) is 0 Å². The summed E-state index contributed by atoms with van der Waals surface area (Å²) in [5.41, 5.74) is 3.01. The predicted molar refractivity (Wildman–Crippen MR) is 73.1 cm³/mol. The second kappa shape index (κ2) is 5.65. The van der Waals surface area contributed by atoms with Gasteiger partial charge in [-0.2, -0.15) is 5.10 Å². The number of pyridine rings is 1. The molecule has 0 atom stereocenters. The van der Waals surface area contributed by atoms with E-state index in [1.807, 2.05) is 33.2 Å². The molecule has 2 aromatic heterocycles. The van der Waals surface area contributed by atoms with Crippen molar-refractivity contribution < 1.29 is 4.79 Å². The number of carbonyl (C=O) groups is 1. The van der Waals surface area contributed by atoms with E-state index in [9.17, 15) is 4.79 Å². The molecule has 0 aromatic carbocycles. The van der Waals surface area contributed by atoms with Gasteiger partial charge in [0.1, 0.15) is 0 Å². The van der Waals surface area contributed by atoms with E-state index in [0.29, 0.717) is 6.54 Å². The van der Waals surface area contributed by atoms with Crippen molar-refractivity contribution in [1.29, 1.82) is 0 Å². The molecule has 0 aliphatic carbocycles. The number of rotatable bonds is 4. The predicted octanol–water partition coefficient (Wildman–Crippen LogP) is 1.75. The van der Waals surface area contributed by atoms with Gasteiger partial charge >= 0.3 is 0 Å². The molecule has 0 bridgehead atoms. The molecule has 1 amide bonds. The summed E-state index contributed by atoms with van der Waals surface area (Å²) in [4.78, 5) is 15.7. The molecule has 19 heavy (non-hydrogen) atoms. The minimum atomic E-state index is -0.00512. The highest BCUT2D eigenvalue weighted by atomic mass is 16.1. The molecule has 0 saturated heterocycles. The Balaban J connectivity index is 2.09. The van der Waals surface area contributed by atoms with Gasteiger partial charge in [-0.3, -0.25) is 14.5 Å². The van der Waals surface area contributed by atoms with Gasteiger partial charge in [-0.25, -0.2) is 0 Å². The second-order valence-corrected chi connectivity index (χ2v) is 4.86. The van der Waals surface area contributed by atoms with Crippen LogP contribution in [0.15, 0.2) is 30.9 Å². The maximum absolute atomic E-state index is 11.5. The third kappa shape index (κ3) is 3.40. The first-order chi connectivity index (χ1) is 9.06. The van der Waals surface area contributed by atoms with Gasteiger partial charge in [0.15, 0.2) is 0 Å². The number of hydrogen-bond donors (Lipinski definition) is 1. The summed E-state index contributed by atoms with van der Waals surface area (Å²) in [5, 5.41) is 7.02. The number of nitrogens with zero attached hydrogens (tertiary/aromatic N) is 3. The molecule has 2 rings (SSSR count). The third-order valence-electron chi connectivity index (χ3n) is 2.82. The lowest BCUT2D eigenvalue weighted by atomic mass is 10.1. The first-order valence-corrected chi connectivity index (χ1v) is 6.27. The maximum Gasteiger partial charge on any atom is 0.222 e.